The summed E-state index contributed by atoms with van der Waals surface area (Å²) in [5, 5.41) is 3.73. The zero-order valence-corrected chi connectivity index (χ0v) is 14.2. The van der Waals surface area contributed by atoms with E-state index >= 15 is 0 Å². The van der Waals surface area contributed by atoms with E-state index in [4.69, 9.17) is 4.74 Å². The Morgan fingerprint density at radius 2 is 2.10 bits per heavy atom. The molecule has 0 saturated heterocycles. The molecule has 1 aromatic rings. The lowest BCUT2D eigenvalue weighted by Gasteiger charge is -2.21. The number of amides is 1. The average molecular weight is 354 g/mol. The van der Waals surface area contributed by atoms with Crippen molar-refractivity contribution in [2.45, 2.75) is 50.8 Å². The number of benzene rings is 1. The highest BCUT2D eigenvalue weighted by Gasteiger charge is 2.17. The van der Waals surface area contributed by atoms with Gasteiger partial charge in [-0.05, 0) is 43.9 Å². The van der Waals surface area contributed by atoms with Crippen LogP contribution in [0.15, 0.2) is 18.2 Å². The number of hydrogen-bond donors (Lipinski definition) is 1. The predicted molar refractivity (Wildman–Crippen MR) is 90.1 cm³/mol. The molecule has 0 heterocycles. The first-order valence-corrected chi connectivity index (χ1v) is 8.96. The fourth-order valence-corrected chi connectivity index (χ4v) is 3.36. The van der Waals surface area contributed by atoms with Gasteiger partial charge < -0.3 is 10.1 Å². The number of anilines is 1. The van der Waals surface area contributed by atoms with Gasteiger partial charge in [-0.2, -0.15) is 0 Å². The third kappa shape index (κ3) is 5.03. The maximum Gasteiger partial charge on any atom is 0.224 e. The van der Waals surface area contributed by atoms with Crippen LogP contribution in [0.3, 0.4) is 0 Å². The monoisotopic (exact) mass is 353 g/mol. The van der Waals surface area contributed by atoms with Crippen molar-refractivity contribution in [2.75, 3.05) is 11.9 Å². The first-order chi connectivity index (χ1) is 10.2. The largest absolute Gasteiger partial charge is 0.494 e. The molecular formula is C17H24BrNO2. The van der Waals surface area contributed by atoms with Crippen molar-refractivity contribution >= 4 is 27.5 Å². The second-order valence-electron chi connectivity index (χ2n) is 5.65. The van der Waals surface area contributed by atoms with Gasteiger partial charge in [0.1, 0.15) is 5.75 Å². The van der Waals surface area contributed by atoms with Crippen LogP contribution in [0.25, 0.3) is 0 Å². The Hall–Kier alpha value is -1.03. The highest BCUT2D eigenvalue weighted by atomic mass is 79.9. The molecule has 0 spiro atoms. The highest BCUT2D eigenvalue weighted by molar-refractivity contribution is 9.08. The van der Waals surface area contributed by atoms with Gasteiger partial charge in [-0.1, -0.05) is 35.2 Å². The topological polar surface area (TPSA) is 38.3 Å². The molecule has 1 aliphatic carbocycles. The molecule has 1 aromatic carbocycles. The van der Waals surface area contributed by atoms with Crippen LogP contribution >= 0.6 is 15.9 Å². The van der Waals surface area contributed by atoms with E-state index in [0.29, 0.717) is 24.3 Å². The maximum absolute atomic E-state index is 12.1. The molecule has 1 fully saturated rings. The van der Waals surface area contributed by atoms with Crippen LogP contribution in [0.1, 0.15) is 51.0 Å². The highest BCUT2D eigenvalue weighted by Crippen LogP contribution is 2.28. The normalized spacial score (nSPS) is 15.7. The Kier molecular flexibility index (Phi) is 6.55. The minimum Gasteiger partial charge on any atom is -0.494 e. The van der Waals surface area contributed by atoms with Crippen LogP contribution in [0.2, 0.25) is 0 Å². The van der Waals surface area contributed by atoms with E-state index in [1.54, 1.807) is 0 Å². The van der Waals surface area contributed by atoms with Gasteiger partial charge >= 0.3 is 0 Å². The summed E-state index contributed by atoms with van der Waals surface area (Å²) < 4.78 is 5.57. The Bertz CT molecular complexity index is 470. The van der Waals surface area contributed by atoms with Crippen molar-refractivity contribution in [1.29, 1.82) is 0 Å². The van der Waals surface area contributed by atoms with Crippen LogP contribution in [0, 0.1) is 5.92 Å². The molecule has 116 valence electrons. The SMILES string of the molecule is CCOc1ccc(NC(=O)CC2CCCCC2)cc1CBr. The first-order valence-electron chi connectivity index (χ1n) is 7.84. The summed E-state index contributed by atoms with van der Waals surface area (Å²) in [6.07, 6.45) is 6.92. The van der Waals surface area contributed by atoms with Crippen molar-refractivity contribution in [3.05, 3.63) is 23.8 Å². The van der Waals surface area contributed by atoms with E-state index in [1.165, 1.54) is 32.1 Å². The molecular weight excluding hydrogens is 330 g/mol. The molecule has 4 heteroatoms. The number of carbonyl (C=O) groups excluding carboxylic acids is 1. The van der Waals surface area contributed by atoms with E-state index in [1.807, 2.05) is 25.1 Å². The molecule has 0 aliphatic heterocycles. The molecule has 21 heavy (non-hydrogen) atoms. The Labute approximate surface area is 135 Å². The maximum atomic E-state index is 12.1. The Balaban J connectivity index is 1.93. The zero-order valence-electron chi connectivity index (χ0n) is 12.7. The third-order valence-corrected chi connectivity index (χ3v) is 4.59. The molecule has 1 saturated carbocycles. The van der Waals surface area contributed by atoms with Gasteiger partial charge in [0.2, 0.25) is 5.91 Å². The summed E-state index contributed by atoms with van der Waals surface area (Å²) in [6.45, 7) is 2.62. The third-order valence-electron chi connectivity index (χ3n) is 3.99. The van der Waals surface area contributed by atoms with E-state index in [-0.39, 0.29) is 5.91 Å². The fourth-order valence-electron chi connectivity index (χ4n) is 2.92. The first kappa shape index (κ1) is 16.3. The molecule has 0 atom stereocenters. The van der Waals surface area contributed by atoms with Gasteiger partial charge in [0, 0.05) is 23.0 Å². The molecule has 1 N–H and O–H groups in total. The average Bonchev–Trinajstić information content (AvgIpc) is 2.50. The van der Waals surface area contributed by atoms with Gasteiger partial charge in [0.25, 0.3) is 0 Å². The molecule has 0 unspecified atom stereocenters. The smallest absolute Gasteiger partial charge is 0.224 e. The molecule has 3 nitrogen and oxygen atoms in total. The van der Waals surface area contributed by atoms with Crippen molar-refractivity contribution in [3.8, 4) is 5.75 Å². The van der Waals surface area contributed by atoms with Crippen molar-refractivity contribution in [2.24, 2.45) is 5.92 Å². The van der Waals surface area contributed by atoms with Gasteiger partial charge in [-0.25, -0.2) is 0 Å². The van der Waals surface area contributed by atoms with Crippen LogP contribution < -0.4 is 10.1 Å². The number of rotatable bonds is 6. The molecule has 0 radical (unpaired) electrons. The lowest BCUT2D eigenvalue weighted by atomic mass is 9.87. The standard InChI is InChI=1S/C17H24BrNO2/c1-2-21-16-9-8-15(11-14(16)12-18)19-17(20)10-13-6-4-3-5-7-13/h8-9,11,13H,2-7,10,12H2,1H3,(H,19,20). The minimum absolute atomic E-state index is 0.131. The second kappa shape index (κ2) is 8.42. The fraction of sp³-hybridized carbons (Fsp3) is 0.588. The lowest BCUT2D eigenvalue weighted by Crippen LogP contribution is -2.18. The number of halogens is 1. The van der Waals surface area contributed by atoms with Crippen LogP contribution in [0.5, 0.6) is 5.75 Å². The van der Waals surface area contributed by atoms with E-state index in [2.05, 4.69) is 21.2 Å². The van der Waals surface area contributed by atoms with Crippen molar-refractivity contribution in [3.63, 3.8) is 0 Å². The van der Waals surface area contributed by atoms with Gasteiger partial charge in [0.05, 0.1) is 6.61 Å². The lowest BCUT2D eigenvalue weighted by molar-refractivity contribution is -0.117. The van der Waals surface area contributed by atoms with Crippen molar-refractivity contribution < 1.29 is 9.53 Å². The Morgan fingerprint density at radius 1 is 1.33 bits per heavy atom. The van der Waals surface area contributed by atoms with Crippen LogP contribution in [-0.4, -0.2) is 12.5 Å². The van der Waals surface area contributed by atoms with Gasteiger partial charge in [-0.15, -0.1) is 0 Å². The van der Waals surface area contributed by atoms with Crippen LogP contribution in [-0.2, 0) is 10.1 Å². The molecule has 1 amide bonds. The second-order valence-corrected chi connectivity index (χ2v) is 6.21. The molecule has 1 aliphatic rings. The predicted octanol–water partition coefficient (Wildman–Crippen LogP) is 4.89. The summed E-state index contributed by atoms with van der Waals surface area (Å²) in [7, 11) is 0. The summed E-state index contributed by atoms with van der Waals surface area (Å²) >= 11 is 3.47. The number of ether oxygens (including phenoxy) is 1. The minimum atomic E-state index is 0.131. The summed E-state index contributed by atoms with van der Waals surface area (Å²) in [5.41, 5.74) is 1.92. The quantitative estimate of drug-likeness (QED) is 0.739. The molecule has 0 aromatic heterocycles. The number of alkyl halides is 1. The number of nitrogens with one attached hydrogen (secondary N) is 1. The Morgan fingerprint density at radius 3 is 2.76 bits per heavy atom. The summed E-state index contributed by atoms with van der Waals surface area (Å²) in [6, 6.07) is 5.82. The van der Waals surface area contributed by atoms with Gasteiger partial charge in [-0.3, -0.25) is 4.79 Å². The van der Waals surface area contributed by atoms with E-state index < -0.39 is 0 Å². The van der Waals surface area contributed by atoms with E-state index in [0.717, 1.165) is 17.0 Å². The van der Waals surface area contributed by atoms with Gasteiger partial charge in [0.15, 0.2) is 0 Å². The number of hydrogen-bond acceptors (Lipinski definition) is 2. The summed E-state index contributed by atoms with van der Waals surface area (Å²) in [5.74, 6) is 1.57. The summed E-state index contributed by atoms with van der Waals surface area (Å²) in [4.78, 5) is 12.1. The zero-order chi connectivity index (χ0) is 15.1. The van der Waals surface area contributed by atoms with Crippen LogP contribution in [0.4, 0.5) is 5.69 Å². The molecule has 0 bridgehead atoms. The van der Waals surface area contributed by atoms with Crippen molar-refractivity contribution in [1.82, 2.24) is 0 Å². The van der Waals surface area contributed by atoms with E-state index in [9.17, 15) is 4.79 Å². The molecule has 2 rings (SSSR count). The number of carbonyl (C=O) groups is 1.